The Kier molecular flexibility index (Phi) is 4.46. The molecule has 0 spiro atoms. The zero-order valence-corrected chi connectivity index (χ0v) is 12.8. The van der Waals surface area contributed by atoms with Crippen LogP contribution in [0.15, 0.2) is 4.52 Å². The van der Waals surface area contributed by atoms with Gasteiger partial charge in [-0.1, -0.05) is 5.16 Å². The topological polar surface area (TPSA) is 83.4 Å². The quantitative estimate of drug-likeness (QED) is 0.861. The van der Waals surface area contributed by atoms with E-state index in [0.717, 1.165) is 12.8 Å². The van der Waals surface area contributed by atoms with Crippen LogP contribution < -0.4 is 5.73 Å². The zero-order valence-electron chi connectivity index (χ0n) is 12.8. The molecule has 1 aliphatic carbocycles. The molecule has 0 aromatic carbocycles. The van der Waals surface area contributed by atoms with Crippen LogP contribution >= 0.6 is 0 Å². The maximum Gasteiger partial charge on any atom is 0.252 e. The van der Waals surface area contributed by atoms with E-state index in [9.17, 15) is 0 Å². The summed E-state index contributed by atoms with van der Waals surface area (Å²) in [5.41, 5.74) is 5.23. The molecular formula is C14H25N3O3. The van der Waals surface area contributed by atoms with Crippen LogP contribution in [0.25, 0.3) is 0 Å². The van der Waals surface area contributed by atoms with Gasteiger partial charge in [0.25, 0.3) is 5.89 Å². The lowest BCUT2D eigenvalue weighted by molar-refractivity contribution is -0.0260. The molecule has 2 N–H and O–H groups in total. The van der Waals surface area contributed by atoms with Crippen LogP contribution in [0, 0.1) is 0 Å². The monoisotopic (exact) mass is 283 g/mol. The number of rotatable bonds is 6. The van der Waals surface area contributed by atoms with Crippen molar-refractivity contribution in [3.63, 3.8) is 0 Å². The van der Waals surface area contributed by atoms with Crippen molar-refractivity contribution in [3.8, 4) is 0 Å². The average Bonchev–Trinajstić information content (AvgIpc) is 2.72. The van der Waals surface area contributed by atoms with Crippen molar-refractivity contribution >= 4 is 0 Å². The van der Waals surface area contributed by atoms with Crippen molar-refractivity contribution < 1.29 is 14.0 Å². The van der Waals surface area contributed by atoms with Crippen molar-refractivity contribution in [2.45, 2.75) is 70.8 Å². The van der Waals surface area contributed by atoms with Gasteiger partial charge in [-0.15, -0.1) is 0 Å². The molecule has 1 heterocycles. The predicted molar refractivity (Wildman–Crippen MR) is 74.0 cm³/mol. The molecule has 1 unspecified atom stereocenters. The highest BCUT2D eigenvalue weighted by atomic mass is 16.5. The molecule has 20 heavy (non-hydrogen) atoms. The summed E-state index contributed by atoms with van der Waals surface area (Å²) in [6, 6.07) is 0. The second kappa shape index (κ2) is 5.79. The molecule has 1 aromatic heterocycles. The standard InChI is InChI=1S/C14H25N3O3/c1-13(2,3)19-8-11-16-12(17-20-11)14(4,15)9-18-10-6-5-7-10/h10H,5-9,15H2,1-4H3. The van der Waals surface area contributed by atoms with E-state index in [1.165, 1.54) is 6.42 Å². The molecule has 6 nitrogen and oxygen atoms in total. The average molecular weight is 283 g/mol. The highest BCUT2D eigenvalue weighted by molar-refractivity contribution is 5.01. The minimum atomic E-state index is -0.737. The van der Waals surface area contributed by atoms with E-state index in [0.29, 0.717) is 24.4 Å². The summed E-state index contributed by atoms with van der Waals surface area (Å²) in [5.74, 6) is 0.902. The fourth-order valence-electron chi connectivity index (χ4n) is 1.72. The van der Waals surface area contributed by atoms with Gasteiger partial charge in [0.2, 0.25) is 0 Å². The second-order valence-corrected chi connectivity index (χ2v) is 6.69. The SMILES string of the molecule is CC(C)(C)OCc1nc(C(C)(N)COC2CCC2)no1. The summed E-state index contributed by atoms with van der Waals surface area (Å²) in [6.07, 6.45) is 3.82. The van der Waals surface area contributed by atoms with Crippen molar-refractivity contribution in [2.75, 3.05) is 6.61 Å². The zero-order chi connectivity index (χ0) is 14.8. The van der Waals surface area contributed by atoms with Gasteiger partial charge in [0.15, 0.2) is 5.82 Å². The van der Waals surface area contributed by atoms with Crippen LogP contribution in [0.3, 0.4) is 0 Å². The van der Waals surface area contributed by atoms with Crippen LogP contribution in [-0.4, -0.2) is 28.5 Å². The third-order valence-electron chi connectivity index (χ3n) is 3.28. The largest absolute Gasteiger partial charge is 0.376 e. The van der Waals surface area contributed by atoms with Gasteiger partial charge < -0.3 is 19.7 Å². The summed E-state index contributed by atoms with van der Waals surface area (Å²) in [7, 11) is 0. The van der Waals surface area contributed by atoms with Crippen LogP contribution in [-0.2, 0) is 21.6 Å². The summed E-state index contributed by atoms with van der Waals surface area (Å²) < 4.78 is 16.5. The summed E-state index contributed by atoms with van der Waals surface area (Å²) in [5, 5.41) is 3.94. The Hall–Kier alpha value is -0.980. The lowest BCUT2D eigenvalue weighted by atomic mass is 9.95. The van der Waals surface area contributed by atoms with Gasteiger partial charge >= 0.3 is 0 Å². The number of hydrogen-bond acceptors (Lipinski definition) is 6. The fraction of sp³-hybridized carbons (Fsp3) is 0.857. The number of nitrogens with two attached hydrogens (primary N) is 1. The fourth-order valence-corrected chi connectivity index (χ4v) is 1.72. The Bertz CT molecular complexity index is 433. The number of nitrogens with zero attached hydrogens (tertiary/aromatic N) is 2. The molecule has 2 rings (SSSR count). The van der Waals surface area contributed by atoms with Gasteiger partial charge in [-0.05, 0) is 47.0 Å². The molecule has 1 fully saturated rings. The Morgan fingerprint density at radius 3 is 2.55 bits per heavy atom. The molecule has 0 aliphatic heterocycles. The minimum absolute atomic E-state index is 0.242. The molecule has 0 amide bonds. The maximum atomic E-state index is 6.21. The van der Waals surface area contributed by atoms with Gasteiger partial charge in [-0.3, -0.25) is 0 Å². The van der Waals surface area contributed by atoms with Gasteiger partial charge in [0.1, 0.15) is 12.1 Å². The van der Waals surface area contributed by atoms with Crippen molar-refractivity contribution in [3.05, 3.63) is 11.7 Å². The molecule has 6 heteroatoms. The molecule has 114 valence electrons. The number of hydrogen-bond donors (Lipinski definition) is 1. The van der Waals surface area contributed by atoms with Gasteiger partial charge in [0.05, 0.1) is 18.3 Å². The predicted octanol–water partition coefficient (Wildman–Crippen LogP) is 2.13. The van der Waals surface area contributed by atoms with Gasteiger partial charge in [0, 0.05) is 0 Å². The Morgan fingerprint density at radius 2 is 2.00 bits per heavy atom. The molecule has 0 bridgehead atoms. The van der Waals surface area contributed by atoms with E-state index in [1.807, 2.05) is 27.7 Å². The highest BCUT2D eigenvalue weighted by Crippen LogP contribution is 2.24. The summed E-state index contributed by atoms with van der Waals surface area (Å²) in [4.78, 5) is 4.30. The molecule has 1 atom stereocenters. The van der Waals surface area contributed by atoms with E-state index in [-0.39, 0.29) is 12.2 Å². The van der Waals surface area contributed by atoms with E-state index < -0.39 is 5.54 Å². The normalized spacial score (nSPS) is 19.6. The van der Waals surface area contributed by atoms with Crippen LogP contribution in [0.1, 0.15) is 58.7 Å². The molecule has 0 radical (unpaired) electrons. The van der Waals surface area contributed by atoms with Gasteiger partial charge in [-0.2, -0.15) is 4.98 Å². The third kappa shape index (κ3) is 4.26. The minimum Gasteiger partial charge on any atom is -0.376 e. The van der Waals surface area contributed by atoms with Crippen molar-refractivity contribution in [1.29, 1.82) is 0 Å². The van der Waals surface area contributed by atoms with E-state index in [2.05, 4.69) is 10.1 Å². The maximum absolute atomic E-state index is 6.21. The first-order valence-electron chi connectivity index (χ1n) is 7.14. The first-order valence-corrected chi connectivity index (χ1v) is 7.14. The summed E-state index contributed by atoms with van der Waals surface area (Å²) >= 11 is 0. The van der Waals surface area contributed by atoms with Crippen molar-refractivity contribution in [2.24, 2.45) is 5.73 Å². The van der Waals surface area contributed by atoms with Crippen molar-refractivity contribution in [1.82, 2.24) is 10.1 Å². The highest BCUT2D eigenvalue weighted by Gasteiger charge is 2.30. The lowest BCUT2D eigenvalue weighted by Crippen LogP contribution is -2.41. The Balaban J connectivity index is 1.88. The van der Waals surface area contributed by atoms with E-state index in [1.54, 1.807) is 0 Å². The van der Waals surface area contributed by atoms with Crippen LogP contribution in [0.4, 0.5) is 0 Å². The molecule has 1 saturated carbocycles. The first-order chi connectivity index (χ1) is 9.26. The molecule has 1 aliphatic rings. The molecular weight excluding hydrogens is 258 g/mol. The molecule has 0 saturated heterocycles. The van der Waals surface area contributed by atoms with Gasteiger partial charge in [-0.25, -0.2) is 0 Å². The second-order valence-electron chi connectivity index (χ2n) is 6.69. The summed E-state index contributed by atoms with van der Waals surface area (Å²) in [6.45, 7) is 8.47. The van der Waals surface area contributed by atoms with E-state index in [4.69, 9.17) is 19.7 Å². The third-order valence-corrected chi connectivity index (χ3v) is 3.28. The Labute approximate surface area is 120 Å². The van der Waals surface area contributed by atoms with E-state index >= 15 is 0 Å². The van der Waals surface area contributed by atoms with Crippen LogP contribution in [0.5, 0.6) is 0 Å². The number of aromatic nitrogens is 2. The number of ether oxygens (including phenoxy) is 2. The molecule has 1 aromatic rings. The Morgan fingerprint density at radius 1 is 1.30 bits per heavy atom. The first kappa shape index (κ1) is 15.4. The smallest absolute Gasteiger partial charge is 0.252 e. The lowest BCUT2D eigenvalue weighted by Gasteiger charge is -2.29. The van der Waals surface area contributed by atoms with Crippen LogP contribution in [0.2, 0.25) is 0 Å².